The van der Waals surface area contributed by atoms with Gasteiger partial charge in [-0.3, -0.25) is 10.1 Å². The van der Waals surface area contributed by atoms with Gasteiger partial charge in [-0.25, -0.2) is 14.6 Å². The van der Waals surface area contributed by atoms with Crippen LogP contribution in [0.4, 0.5) is 34.1 Å². The lowest BCUT2D eigenvalue weighted by Gasteiger charge is -2.28. The molecular weight excluding hydrogens is 525 g/mol. The van der Waals surface area contributed by atoms with Crippen molar-refractivity contribution in [2.45, 2.75) is 83.7 Å². The van der Waals surface area contributed by atoms with Crippen molar-refractivity contribution in [3.05, 3.63) is 29.4 Å². The number of nitrogens with one attached hydrogen (secondary N) is 3. The molecular formula is C25H31F3N4O5S. The molecule has 2 aromatic rings. The molecule has 3 N–H and O–H groups in total. The molecule has 0 saturated heterocycles. The van der Waals surface area contributed by atoms with Crippen molar-refractivity contribution in [3.8, 4) is 10.4 Å². The molecule has 1 aromatic carbocycles. The summed E-state index contributed by atoms with van der Waals surface area (Å²) in [6, 6.07) is 4.26. The predicted octanol–water partition coefficient (Wildman–Crippen LogP) is 6.43. The fourth-order valence-electron chi connectivity index (χ4n) is 4.00. The summed E-state index contributed by atoms with van der Waals surface area (Å²) >= 11 is 1.33. The van der Waals surface area contributed by atoms with E-state index in [4.69, 9.17) is 9.47 Å². The highest BCUT2D eigenvalue weighted by atomic mass is 32.1. The van der Waals surface area contributed by atoms with Gasteiger partial charge >= 0.3 is 24.3 Å². The lowest BCUT2D eigenvalue weighted by atomic mass is 9.86. The fourth-order valence-corrected chi connectivity index (χ4v) is 5.12. The number of aromatic nitrogens is 1. The summed E-state index contributed by atoms with van der Waals surface area (Å²) in [6.07, 6.45) is -2.31. The third-order valence-electron chi connectivity index (χ3n) is 5.64. The molecule has 208 valence electrons. The largest absolute Gasteiger partial charge is 0.471 e. The van der Waals surface area contributed by atoms with E-state index in [2.05, 4.69) is 15.6 Å². The van der Waals surface area contributed by atoms with E-state index in [-0.39, 0.29) is 29.4 Å². The van der Waals surface area contributed by atoms with Crippen LogP contribution in [0.25, 0.3) is 10.4 Å². The molecule has 0 atom stereocenters. The van der Waals surface area contributed by atoms with Gasteiger partial charge in [-0.05, 0) is 71.6 Å². The van der Waals surface area contributed by atoms with Gasteiger partial charge in [-0.1, -0.05) is 0 Å². The molecule has 3 amide bonds. The zero-order chi connectivity index (χ0) is 28.0. The Morgan fingerprint density at radius 1 is 0.974 bits per heavy atom. The van der Waals surface area contributed by atoms with E-state index in [1.807, 2.05) is 5.32 Å². The summed E-state index contributed by atoms with van der Waals surface area (Å²) in [4.78, 5) is 40.6. The van der Waals surface area contributed by atoms with Crippen LogP contribution in [0.1, 0.15) is 64.3 Å². The maximum atomic E-state index is 13.0. The number of rotatable bonds is 7. The normalized spacial score (nSPS) is 17.7. The van der Waals surface area contributed by atoms with Gasteiger partial charge in [0.1, 0.15) is 0 Å². The third kappa shape index (κ3) is 8.33. The highest BCUT2D eigenvalue weighted by Gasteiger charge is 2.39. The number of amides is 3. The van der Waals surface area contributed by atoms with E-state index < -0.39 is 30.4 Å². The third-order valence-corrected chi connectivity index (χ3v) is 6.84. The number of anilines is 2. The summed E-state index contributed by atoms with van der Waals surface area (Å²) in [6.45, 7) is 6.87. The van der Waals surface area contributed by atoms with Gasteiger partial charge in [0.05, 0.1) is 27.8 Å². The molecule has 1 saturated carbocycles. The van der Waals surface area contributed by atoms with Crippen molar-refractivity contribution in [3.63, 3.8) is 0 Å². The van der Waals surface area contributed by atoms with Gasteiger partial charge in [0.25, 0.3) is 0 Å². The molecule has 0 radical (unpaired) electrons. The summed E-state index contributed by atoms with van der Waals surface area (Å²) < 4.78 is 49.1. The summed E-state index contributed by atoms with van der Waals surface area (Å²) in [5, 5.41) is 8.03. The van der Waals surface area contributed by atoms with Gasteiger partial charge in [-0.15, -0.1) is 11.3 Å². The Bertz CT molecular complexity index is 1140. The molecule has 3 rings (SSSR count). The lowest BCUT2D eigenvalue weighted by molar-refractivity contribution is -0.167. The number of alkyl carbamates (subject to hydrolysis) is 1. The number of carbonyl (C=O) groups excluding carboxylic acids is 3. The van der Waals surface area contributed by atoms with Crippen molar-refractivity contribution in [1.82, 2.24) is 10.3 Å². The zero-order valence-corrected chi connectivity index (χ0v) is 22.3. The molecule has 1 aliphatic rings. The molecule has 0 unspecified atom stereocenters. The summed E-state index contributed by atoms with van der Waals surface area (Å²) in [5.74, 6) is -2.00. The molecule has 0 aliphatic heterocycles. The van der Waals surface area contributed by atoms with Crippen molar-refractivity contribution in [2.24, 2.45) is 0 Å². The Kier molecular flexibility index (Phi) is 9.58. The van der Waals surface area contributed by atoms with Crippen LogP contribution in [0, 0.1) is 0 Å². The molecule has 1 heterocycles. The first kappa shape index (κ1) is 29.2. The molecule has 0 spiro atoms. The van der Waals surface area contributed by atoms with Crippen molar-refractivity contribution in [1.29, 1.82) is 0 Å². The minimum absolute atomic E-state index is 0.00328. The minimum atomic E-state index is -5.09. The van der Waals surface area contributed by atoms with E-state index in [1.54, 1.807) is 33.9 Å². The van der Waals surface area contributed by atoms with E-state index in [0.29, 0.717) is 10.4 Å². The maximum Gasteiger partial charge on any atom is 0.471 e. The van der Waals surface area contributed by atoms with Crippen LogP contribution in [0.3, 0.4) is 0 Å². The van der Waals surface area contributed by atoms with Gasteiger partial charge in [0, 0.05) is 29.4 Å². The first-order chi connectivity index (χ1) is 17.8. The quantitative estimate of drug-likeness (QED) is 0.362. The van der Waals surface area contributed by atoms with Gasteiger partial charge in [0.15, 0.2) is 0 Å². The minimum Gasteiger partial charge on any atom is -0.447 e. The maximum absolute atomic E-state index is 13.0. The first-order valence-electron chi connectivity index (χ1n) is 12.2. The smallest absolute Gasteiger partial charge is 0.447 e. The van der Waals surface area contributed by atoms with Gasteiger partial charge in [-0.2, -0.15) is 13.2 Å². The average molecular weight is 557 g/mol. The zero-order valence-electron chi connectivity index (χ0n) is 21.5. The van der Waals surface area contributed by atoms with Crippen LogP contribution < -0.4 is 16.0 Å². The standard InChI is InChI=1S/C25H31F3N4O5S/c1-13(2)36-23(34)30-16-7-5-15(6-8-16)21-29-12-20(38-21)18-10-9-17(31-24(35)37-14(3)4)11-19(18)32-22(33)25(26,27)28/h9-16H,5-8H2,1-4H3,(H,30,34)(H,31,35)(H,32,33)/t15-,16-. The Labute approximate surface area is 222 Å². The van der Waals surface area contributed by atoms with Crippen LogP contribution in [0.15, 0.2) is 24.4 Å². The van der Waals surface area contributed by atoms with E-state index in [1.165, 1.54) is 29.5 Å². The first-order valence-corrected chi connectivity index (χ1v) is 13.1. The van der Waals surface area contributed by atoms with Gasteiger partial charge < -0.3 is 20.1 Å². The summed E-state index contributed by atoms with van der Waals surface area (Å²) in [7, 11) is 0. The molecule has 9 nitrogen and oxygen atoms in total. The fraction of sp³-hybridized carbons (Fsp3) is 0.520. The molecule has 13 heteroatoms. The Hall–Kier alpha value is -3.35. The van der Waals surface area contributed by atoms with Crippen LogP contribution >= 0.6 is 11.3 Å². The van der Waals surface area contributed by atoms with Crippen molar-refractivity contribution in [2.75, 3.05) is 10.6 Å². The SMILES string of the molecule is CC(C)OC(=O)Nc1ccc(-c2cnc([C@H]3CC[C@H](NC(=O)OC(C)C)CC3)s2)c(NC(=O)C(F)(F)F)c1. The van der Waals surface area contributed by atoms with Crippen molar-refractivity contribution < 1.29 is 37.0 Å². The Morgan fingerprint density at radius 2 is 1.61 bits per heavy atom. The number of hydrogen-bond acceptors (Lipinski definition) is 7. The molecule has 1 aromatic heterocycles. The second kappa shape index (κ2) is 12.5. The van der Waals surface area contributed by atoms with Crippen LogP contribution in [-0.2, 0) is 14.3 Å². The number of carbonyl (C=O) groups is 3. The van der Waals surface area contributed by atoms with Crippen LogP contribution in [0.2, 0.25) is 0 Å². The van der Waals surface area contributed by atoms with Gasteiger partial charge in [0.2, 0.25) is 0 Å². The lowest BCUT2D eigenvalue weighted by Crippen LogP contribution is -2.38. The van der Waals surface area contributed by atoms with Crippen molar-refractivity contribution >= 4 is 40.8 Å². The molecule has 1 aliphatic carbocycles. The monoisotopic (exact) mass is 556 g/mol. The number of benzene rings is 1. The summed E-state index contributed by atoms with van der Waals surface area (Å²) in [5.41, 5.74) is 0.366. The molecule has 0 bridgehead atoms. The number of ether oxygens (including phenoxy) is 2. The average Bonchev–Trinajstić information content (AvgIpc) is 3.28. The number of hydrogen-bond donors (Lipinski definition) is 3. The topological polar surface area (TPSA) is 119 Å². The number of nitrogens with zero attached hydrogens (tertiary/aromatic N) is 1. The number of halogens is 3. The molecule has 38 heavy (non-hydrogen) atoms. The van der Waals surface area contributed by atoms with Crippen LogP contribution in [-0.4, -0.2) is 47.5 Å². The van der Waals surface area contributed by atoms with E-state index in [0.717, 1.165) is 30.7 Å². The second-order valence-electron chi connectivity index (χ2n) is 9.50. The van der Waals surface area contributed by atoms with E-state index in [9.17, 15) is 27.6 Å². The second-order valence-corrected chi connectivity index (χ2v) is 10.6. The highest BCUT2D eigenvalue weighted by Crippen LogP contribution is 2.40. The number of alkyl halides is 3. The number of thiazole rings is 1. The van der Waals surface area contributed by atoms with Crippen LogP contribution in [0.5, 0.6) is 0 Å². The predicted molar refractivity (Wildman–Crippen MR) is 137 cm³/mol. The Morgan fingerprint density at radius 3 is 2.21 bits per heavy atom. The van der Waals surface area contributed by atoms with E-state index >= 15 is 0 Å². The Balaban J connectivity index is 1.75. The molecule has 1 fully saturated rings. The highest BCUT2D eigenvalue weighted by molar-refractivity contribution is 7.15.